The molecule has 108 valence electrons. The molecule has 2 N–H and O–H groups in total. The minimum Gasteiger partial charge on any atom is -0.461 e. The molecule has 7 heteroatoms. The Hall–Kier alpha value is -2.31. The van der Waals surface area contributed by atoms with Gasteiger partial charge in [-0.1, -0.05) is 6.92 Å². The Bertz CT molecular complexity index is 615. The van der Waals surface area contributed by atoms with Crippen molar-refractivity contribution in [3.8, 4) is 0 Å². The summed E-state index contributed by atoms with van der Waals surface area (Å²) >= 11 is 0. The molecular weight excluding hydrogens is 260 g/mol. The van der Waals surface area contributed by atoms with Crippen molar-refractivity contribution in [3.05, 3.63) is 29.4 Å². The van der Waals surface area contributed by atoms with Crippen molar-refractivity contribution >= 4 is 11.8 Å². The van der Waals surface area contributed by atoms with E-state index in [1.807, 2.05) is 6.92 Å². The topological polar surface area (TPSA) is 96.2 Å². The highest BCUT2D eigenvalue weighted by Crippen LogP contribution is 2.17. The van der Waals surface area contributed by atoms with Gasteiger partial charge in [0.15, 0.2) is 5.69 Å². The second-order valence-corrected chi connectivity index (χ2v) is 4.27. The first-order valence-corrected chi connectivity index (χ1v) is 6.50. The fourth-order valence-corrected chi connectivity index (χ4v) is 1.85. The number of nitrogens with two attached hydrogens (primary N) is 1. The van der Waals surface area contributed by atoms with Crippen LogP contribution < -0.4 is 5.73 Å². The summed E-state index contributed by atoms with van der Waals surface area (Å²) in [4.78, 5) is 20.0. The quantitative estimate of drug-likeness (QED) is 0.833. The Morgan fingerprint density at radius 3 is 2.85 bits per heavy atom. The summed E-state index contributed by atoms with van der Waals surface area (Å²) in [5, 5.41) is 0. The number of anilines is 1. The van der Waals surface area contributed by atoms with Crippen LogP contribution in [0.25, 0.3) is 0 Å². The maximum Gasteiger partial charge on any atom is 0.360 e. The number of aryl methyl sites for hydroxylation is 2. The van der Waals surface area contributed by atoms with E-state index in [-0.39, 0.29) is 18.1 Å². The SMILES string of the molecule is CCOC(=O)c1nc(C)n(Cc2ncc(CC)o2)c1N. The molecule has 2 heterocycles. The van der Waals surface area contributed by atoms with Crippen LogP contribution in [-0.4, -0.2) is 27.1 Å². The first-order chi connectivity index (χ1) is 9.56. The molecule has 0 atom stereocenters. The molecule has 0 spiro atoms. The van der Waals surface area contributed by atoms with Gasteiger partial charge in [0, 0.05) is 6.42 Å². The fourth-order valence-electron chi connectivity index (χ4n) is 1.85. The molecule has 0 aromatic carbocycles. The van der Waals surface area contributed by atoms with Crippen molar-refractivity contribution in [2.75, 3.05) is 12.3 Å². The maximum absolute atomic E-state index is 11.7. The zero-order valence-electron chi connectivity index (χ0n) is 11.8. The largest absolute Gasteiger partial charge is 0.461 e. The van der Waals surface area contributed by atoms with Gasteiger partial charge in [-0.15, -0.1) is 0 Å². The molecule has 2 aromatic heterocycles. The van der Waals surface area contributed by atoms with E-state index in [9.17, 15) is 4.79 Å². The second kappa shape index (κ2) is 5.77. The Morgan fingerprint density at radius 1 is 1.50 bits per heavy atom. The Labute approximate surface area is 116 Å². The maximum atomic E-state index is 11.7. The molecule has 0 amide bonds. The number of nitrogens with zero attached hydrogens (tertiary/aromatic N) is 3. The van der Waals surface area contributed by atoms with Gasteiger partial charge in [-0.05, 0) is 13.8 Å². The van der Waals surface area contributed by atoms with Gasteiger partial charge in [0.1, 0.15) is 23.9 Å². The standard InChI is InChI=1S/C13H18N4O3/c1-4-9-6-15-10(20-9)7-17-8(3)16-11(12(17)14)13(18)19-5-2/h6H,4-5,7,14H2,1-3H3. The van der Waals surface area contributed by atoms with E-state index in [4.69, 9.17) is 14.9 Å². The zero-order valence-corrected chi connectivity index (χ0v) is 11.8. The van der Waals surface area contributed by atoms with Gasteiger partial charge in [0.05, 0.1) is 12.8 Å². The number of hydrogen-bond donors (Lipinski definition) is 1. The average molecular weight is 278 g/mol. The van der Waals surface area contributed by atoms with Crippen LogP contribution in [0.15, 0.2) is 10.6 Å². The monoisotopic (exact) mass is 278 g/mol. The summed E-state index contributed by atoms with van der Waals surface area (Å²) in [5.41, 5.74) is 6.08. The van der Waals surface area contributed by atoms with Crippen LogP contribution in [0.5, 0.6) is 0 Å². The van der Waals surface area contributed by atoms with Crippen molar-refractivity contribution < 1.29 is 13.9 Å². The summed E-state index contributed by atoms with van der Waals surface area (Å²) in [6.07, 6.45) is 2.46. The van der Waals surface area contributed by atoms with Crippen LogP contribution >= 0.6 is 0 Å². The van der Waals surface area contributed by atoms with Gasteiger partial charge in [0.25, 0.3) is 0 Å². The summed E-state index contributed by atoms with van der Waals surface area (Å²) in [5.74, 6) is 1.69. The highest BCUT2D eigenvalue weighted by atomic mass is 16.5. The van der Waals surface area contributed by atoms with Crippen LogP contribution in [0.1, 0.15) is 41.8 Å². The normalized spacial score (nSPS) is 10.8. The summed E-state index contributed by atoms with van der Waals surface area (Å²) in [7, 11) is 0. The van der Waals surface area contributed by atoms with E-state index in [0.717, 1.165) is 12.2 Å². The number of nitrogen functional groups attached to an aromatic ring is 1. The minimum absolute atomic E-state index is 0.131. The number of carbonyl (C=O) groups excluding carboxylic acids is 1. The van der Waals surface area contributed by atoms with E-state index in [1.165, 1.54) is 0 Å². The molecule has 0 saturated heterocycles. The molecule has 20 heavy (non-hydrogen) atoms. The van der Waals surface area contributed by atoms with Crippen LogP contribution in [0.2, 0.25) is 0 Å². The Kier molecular flexibility index (Phi) is 4.07. The highest BCUT2D eigenvalue weighted by molar-refractivity contribution is 5.92. The molecule has 0 fully saturated rings. The van der Waals surface area contributed by atoms with E-state index >= 15 is 0 Å². The lowest BCUT2D eigenvalue weighted by Gasteiger charge is -2.04. The van der Waals surface area contributed by atoms with Gasteiger partial charge in [-0.2, -0.15) is 0 Å². The lowest BCUT2D eigenvalue weighted by Crippen LogP contribution is -2.10. The lowest BCUT2D eigenvalue weighted by atomic mass is 10.4. The molecular formula is C13H18N4O3. The molecule has 0 bridgehead atoms. The van der Waals surface area contributed by atoms with Crippen LogP contribution in [0.4, 0.5) is 5.82 Å². The smallest absolute Gasteiger partial charge is 0.360 e. The molecule has 0 aliphatic heterocycles. The van der Waals surface area contributed by atoms with Crippen molar-refractivity contribution in [1.82, 2.24) is 14.5 Å². The first kappa shape index (κ1) is 14.1. The van der Waals surface area contributed by atoms with Gasteiger partial charge in [-0.25, -0.2) is 14.8 Å². The van der Waals surface area contributed by atoms with Crippen LogP contribution in [0, 0.1) is 6.92 Å². The Morgan fingerprint density at radius 2 is 2.25 bits per heavy atom. The molecule has 0 unspecified atom stereocenters. The number of oxazole rings is 1. The van der Waals surface area contributed by atoms with Crippen molar-refractivity contribution in [2.24, 2.45) is 0 Å². The van der Waals surface area contributed by atoms with E-state index in [2.05, 4.69) is 9.97 Å². The van der Waals surface area contributed by atoms with E-state index in [0.29, 0.717) is 18.3 Å². The number of esters is 1. The number of ether oxygens (including phenoxy) is 1. The molecule has 0 saturated carbocycles. The first-order valence-electron chi connectivity index (χ1n) is 6.50. The third-order valence-electron chi connectivity index (χ3n) is 2.91. The van der Waals surface area contributed by atoms with E-state index in [1.54, 1.807) is 24.6 Å². The number of imidazole rings is 1. The third-order valence-corrected chi connectivity index (χ3v) is 2.91. The molecule has 2 rings (SSSR count). The Balaban J connectivity index is 2.26. The van der Waals surface area contributed by atoms with Gasteiger partial charge in [0.2, 0.25) is 5.89 Å². The molecule has 2 aromatic rings. The van der Waals surface area contributed by atoms with Crippen molar-refractivity contribution in [1.29, 1.82) is 0 Å². The average Bonchev–Trinajstić information content (AvgIpc) is 2.99. The van der Waals surface area contributed by atoms with Crippen molar-refractivity contribution in [2.45, 2.75) is 33.7 Å². The highest BCUT2D eigenvalue weighted by Gasteiger charge is 2.20. The molecule has 0 radical (unpaired) electrons. The minimum atomic E-state index is -0.520. The molecule has 7 nitrogen and oxygen atoms in total. The van der Waals surface area contributed by atoms with Gasteiger partial charge in [-0.3, -0.25) is 0 Å². The summed E-state index contributed by atoms with van der Waals surface area (Å²) in [6, 6.07) is 0. The molecule has 0 aliphatic carbocycles. The molecule has 0 aliphatic rings. The summed E-state index contributed by atoms with van der Waals surface area (Å²) in [6.45, 7) is 6.10. The number of hydrogen-bond acceptors (Lipinski definition) is 6. The fraction of sp³-hybridized carbons (Fsp3) is 0.462. The number of carbonyl (C=O) groups is 1. The zero-order chi connectivity index (χ0) is 14.7. The predicted molar refractivity (Wildman–Crippen MR) is 72.3 cm³/mol. The summed E-state index contributed by atoms with van der Waals surface area (Å²) < 4.78 is 12.1. The van der Waals surface area contributed by atoms with Gasteiger partial charge >= 0.3 is 5.97 Å². The predicted octanol–water partition coefficient (Wildman–Crippen LogP) is 1.55. The number of rotatable bonds is 5. The van der Waals surface area contributed by atoms with Crippen LogP contribution in [0.3, 0.4) is 0 Å². The second-order valence-electron chi connectivity index (χ2n) is 4.27. The number of aromatic nitrogens is 3. The van der Waals surface area contributed by atoms with E-state index < -0.39 is 5.97 Å². The lowest BCUT2D eigenvalue weighted by molar-refractivity contribution is 0.0521. The van der Waals surface area contributed by atoms with Gasteiger partial charge < -0.3 is 19.5 Å². The van der Waals surface area contributed by atoms with Crippen molar-refractivity contribution in [3.63, 3.8) is 0 Å². The third kappa shape index (κ3) is 2.66. The van der Waals surface area contributed by atoms with Crippen LogP contribution in [-0.2, 0) is 17.7 Å².